The Hall–Kier alpha value is -1.93. The first kappa shape index (κ1) is 21.8. The highest BCUT2D eigenvalue weighted by Crippen LogP contribution is 2.19. The third-order valence-electron chi connectivity index (χ3n) is 4.91. The molecule has 1 heterocycles. The summed E-state index contributed by atoms with van der Waals surface area (Å²) in [5.74, 6) is 0.672. The molecular weight excluding hydrogens is 412 g/mol. The van der Waals surface area contributed by atoms with Crippen LogP contribution in [-0.2, 0) is 10.0 Å². The Bertz CT molecular complexity index is 939. The van der Waals surface area contributed by atoms with Crippen LogP contribution in [0, 0.1) is 0 Å². The van der Waals surface area contributed by atoms with Gasteiger partial charge in [-0.05, 0) is 43.7 Å². The van der Waals surface area contributed by atoms with Crippen LogP contribution in [0.5, 0.6) is 5.75 Å². The highest BCUT2D eigenvalue weighted by atomic mass is 35.5. The molecule has 0 atom stereocenters. The first-order chi connectivity index (χ1) is 13.9. The molecule has 0 unspecified atom stereocenters. The predicted molar refractivity (Wildman–Crippen MR) is 113 cm³/mol. The molecule has 0 amide bonds. The summed E-state index contributed by atoms with van der Waals surface area (Å²) in [5, 5.41) is 0.649. The highest BCUT2D eigenvalue weighted by molar-refractivity contribution is 7.89. The summed E-state index contributed by atoms with van der Waals surface area (Å²) in [7, 11) is -3.54. The second kappa shape index (κ2) is 9.71. The molecule has 0 aromatic heterocycles. The summed E-state index contributed by atoms with van der Waals surface area (Å²) in [6.45, 7) is 5.16. The number of halogens is 1. The second-order valence-electron chi connectivity index (χ2n) is 6.99. The van der Waals surface area contributed by atoms with Crippen molar-refractivity contribution in [3.05, 3.63) is 59.1 Å². The summed E-state index contributed by atoms with van der Waals surface area (Å²) < 4.78 is 32.8. The van der Waals surface area contributed by atoms with Crippen LogP contribution in [0.1, 0.15) is 23.7 Å². The minimum absolute atomic E-state index is 0.0816. The van der Waals surface area contributed by atoms with Gasteiger partial charge in [0.05, 0.1) is 11.5 Å². The van der Waals surface area contributed by atoms with Gasteiger partial charge in [-0.25, -0.2) is 8.42 Å². The maximum atomic E-state index is 12.8. The first-order valence-corrected chi connectivity index (χ1v) is 11.4. The molecule has 1 fully saturated rings. The molecule has 0 aliphatic carbocycles. The molecule has 29 heavy (non-hydrogen) atoms. The number of hydrogen-bond donors (Lipinski definition) is 0. The fourth-order valence-electron chi connectivity index (χ4n) is 3.24. The summed E-state index contributed by atoms with van der Waals surface area (Å²) in [6.07, 6.45) is 0.853. The minimum Gasteiger partial charge on any atom is -0.493 e. The van der Waals surface area contributed by atoms with Gasteiger partial charge in [0.25, 0.3) is 0 Å². The van der Waals surface area contributed by atoms with Crippen LogP contribution in [0.2, 0.25) is 5.02 Å². The Kier molecular flexibility index (Phi) is 7.29. The number of sulfonamides is 1. The average molecular weight is 437 g/mol. The SMILES string of the molecule is CC(=O)c1ccc(S(=O)(=O)N2CCN(CCCOc3cccc(Cl)c3)CC2)cc1. The summed E-state index contributed by atoms with van der Waals surface area (Å²) in [5.41, 5.74) is 0.508. The van der Waals surface area contributed by atoms with E-state index in [2.05, 4.69) is 4.90 Å². The van der Waals surface area contributed by atoms with E-state index in [0.717, 1.165) is 18.7 Å². The molecule has 1 aliphatic rings. The van der Waals surface area contributed by atoms with Crippen LogP contribution >= 0.6 is 11.6 Å². The van der Waals surface area contributed by atoms with E-state index in [1.807, 2.05) is 12.1 Å². The molecule has 6 nitrogen and oxygen atoms in total. The monoisotopic (exact) mass is 436 g/mol. The molecule has 8 heteroatoms. The van der Waals surface area contributed by atoms with Crippen LogP contribution in [0.4, 0.5) is 0 Å². The van der Waals surface area contributed by atoms with E-state index in [1.54, 1.807) is 24.3 Å². The van der Waals surface area contributed by atoms with Crippen LogP contribution in [0.3, 0.4) is 0 Å². The number of rotatable bonds is 8. The second-order valence-corrected chi connectivity index (χ2v) is 9.36. The lowest BCUT2D eigenvalue weighted by Gasteiger charge is -2.34. The van der Waals surface area contributed by atoms with Gasteiger partial charge in [-0.1, -0.05) is 29.8 Å². The lowest BCUT2D eigenvalue weighted by atomic mass is 10.2. The van der Waals surface area contributed by atoms with Gasteiger partial charge in [0.15, 0.2) is 5.78 Å². The molecule has 0 radical (unpaired) electrons. The Labute approximate surface area is 177 Å². The molecular formula is C21H25ClN2O4S. The summed E-state index contributed by atoms with van der Waals surface area (Å²) >= 11 is 5.94. The molecule has 0 bridgehead atoms. The van der Waals surface area contributed by atoms with E-state index in [4.69, 9.17) is 16.3 Å². The fraction of sp³-hybridized carbons (Fsp3) is 0.381. The van der Waals surface area contributed by atoms with Crippen molar-refractivity contribution in [1.82, 2.24) is 9.21 Å². The quantitative estimate of drug-likeness (QED) is 0.469. The van der Waals surface area contributed by atoms with E-state index in [1.165, 1.54) is 23.4 Å². The fourth-order valence-corrected chi connectivity index (χ4v) is 4.84. The van der Waals surface area contributed by atoms with Crippen molar-refractivity contribution in [2.45, 2.75) is 18.2 Å². The molecule has 0 N–H and O–H groups in total. The van der Waals surface area contributed by atoms with Crippen molar-refractivity contribution in [1.29, 1.82) is 0 Å². The van der Waals surface area contributed by atoms with Gasteiger partial charge in [-0.2, -0.15) is 4.31 Å². The van der Waals surface area contributed by atoms with Crippen molar-refractivity contribution in [3.8, 4) is 5.75 Å². The number of carbonyl (C=O) groups excluding carboxylic acids is 1. The van der Waals surface area contributed by atoms with Crippen LogP contribution < -0.4 is 4.74 Å². The smallest absolute Gasteiger partial charge is 0.243 e. The highest BCUT2D eigenvalue weighted by Gasteiger charge is 2.28. The van der Waals surface area contributed by atoms with Gasteiger partial charge >= 0.3 is 0 Å². The lowest BCUT2D eigenvalue weighted by Crippen LogP contribution is -2.48. The molecule has 1 saturated heterocycles. The molecule has 2 aromatic rings. The molecule has 156 valence electrons. The molecule has 0 spiro atoms. The normalized spacial score (nSPS) is 15.9. The van der Waals surface area contributed by atoms with Gasteiger partial charge in [0.1, 0.15) is 5.75 Å². The maximum Gasteiger partial charge on any atom is 0.243 e. The number of Topliss-reactive ketones (excluding diaryl/α,β-unsaturated/α-hetero) is 1. The Morgan fingerprint density at radius 3 is 2.38 bits per heavy atom. The zero-order chi connectivity index (χ0) is 20.9. The molecule has 2 aromatic carbocycles. The van der Waals surface area contributed by atoms with E-state index < -0.39 is 10.0 Å². The van der Waals surface area contributed by atoms with Crippen LogP contribution in [0.25, 0.3) is 0 Å². The van der Waals surface area contributed by atoms with E-state index >= 15 is 0 Å². The Morgan fingerprint density at radius 2 is 1.76 bits per heavy atom. The third kappa shape index (κ3) is 5.79. The molecule has 3 rings (SSSR count). The minimum atomic E-state index is -3.54. The van der Waals surface area contributed by atoms with Crippen molar-refractivity contribution in [2.24, 2.45) is 0 Å². The van der Waals surface area contributed by atoms with Gasteiger partial charge in [0.2, 0.25) is 10.0 Å². The Balaban J connectivity index is 1.45. The zero-order valence-corrected chi connectivity index (χ0v) is 18.0. The standard InChI is InChI=1S/C21H25ClN2O4S/c1-17(25)18-6-8-21(9-7-18)29(26,27)24-13-11-23(12-14-24)10-3-15-28-20-5-2-4-19(22)16-20/h2,4-9,16H,3,10-15H2,1H3. The van der Waals surface area contributed by atoms with Gasteiger partial charge in [0, 0.05) is 43.3 Å². The van der Waals surface area contributed by atoms with Crippen LogP contribution in [-0.4, -0.2) is 62.7 Å². The average Bonchev–Trinajstić information content (AvgIpc) is 2.72. The number of carbonyl (C=O) groups is 1. The van der Waals surface area contributed by atoms with E-state index in [-0.39, 0.29) is 10.7 Å². The van der Waals surface area contributed by atoms with E-state index in [0.29, 0.717) is 43.4 Å². The number of ketones is 1. The van der Waals surface area contributed by atoms with E-state index in [9.17, 15) is 13.2 Å². The topological polar surface area (TPSA) is 66.9 Å². The number of nitrogens with zero attached hydrogens (tertiary/aromatic N) is 2. The largest absolute Gasteiger partial charge is 0.493 e. The van der Waals surface area contributed by atoms with Crippen molar-refractivity contribution in [3.63, 3.8) is 0 Å². The number of piperazine rings is 1. The van der Waals surface area contributed by atoms with Crippen molar-refractivity contribution < 1.29 is 17.9 Å². The zero-order valence-electron chi connectivity index (χ0n) is 16.4. The number of ether oxygens (including phenoxy) is 1. The van der Waals surface area contributed by atoms with Crippen LogP contribution in [0.15, 0.2) is 53.4 Å². The number of hydrogen-bond acceptors (Lipinski definition) is 5. The molecule has 1 aliphatic heterocycles. The van der Waals surface area contributed by atoms with Gasteiger partial charge in [-0.3, -0.25) is 4.79 Å². The van der Waals surface area contributed by atoms with Gasteiger partial charge < -0.3 is 9.64 Å². The predicted octanol–water partition coefficient (Wildman–Crippen LogP) is 3.32. The summed E-state index contributed by atoms with van der Waals surface area (Å²) in [6, 6.07) is 13.4. The molecule has 0 saturated carbocycles. The lowest BCUT2D eigenvalue weighted by molar-refractivity contribution is 0.101. The first-order valence-electron chi connectivity index (χ1n) is 9.58. The van der Waals surface area contributed by atoms with Crippen molar-refractivity contribution in [2.75, 3.05) is 39.3 Å². The summed E-state index contributed by atoms with van der Waals surface area (Å²) in [4.78, 5) is 13.8. The van der Waals surface area contributed by atoms with Gasteiger partial charge in [-0.15, -0.1) is 0 Å². The maximum absolute atomic E-state index is 12.8. The number of benzene rings is 2. The van der Waals surface area contributed by atoms with Crippen molar-refractivity contribution >= 4 is 27.4 Å². The Morgan fingerprint density at radius 1 is 1.07 bits per heavy atom. The third-order valence-corrected chi connectivity index (χ3v) is 7.06.